The number of ether oxygens (including phenoxy) is 1. The molecular weight excluding hydrogens is 302 g/mol. The van der Waals surface area contributed by atoms with Gasteiger partial charge in [-0.25, -0.2) is 13.1 Å². The summed E-state index contributed by atoms with van der Waals surface area (Å²) in [6.45, 7) is 4.97. The number of hydrogen-bond donors (Lipinski definition) is 2. The Morgan fingerprint density at radius 3 is 2.41 bits per heavy atom. The Bertz CT molecular complexity index is 525. The van der Waals surface area contributed by atoms with Crippen LogP contribution in [0.5, 0.6) is 0 Å². The number of nitrogens with one attached hydrogen (secondary N) is 1. The van der Waals surface area contributed by atoms with Crippen LogP contribution in [0.4, 0.5) is 0 Å². The van der Waals surface area contributed by atoms with E-state index in [-0.39, 0.29) is 10.9 Å². The molecule has 0 aliphatic heterocycles. The topological polar surface area (TPSA) is 84.7 Å². The van der Waals surface area contributed by atoms with Gasteiger partial charge in [0.2, 0.25) is 10.0 Å². The Morgan fingerprint density at radius 1 is 1.32 bits per heavy atom. The fourth-order valence-corrected chi connectivity index (χ4v) is 3.11. The SMILES string of the molecule is CCN(Cc1ccc(S(=O)(=O)NC)cc1)[C@H](CCN)COC. The zero-order chi connectivity index (χ0) is 16.6. The van der Waals surface area contributed by atoms with E-state index in [1.165, 1.54) is 7.05 Å². The van der Waals surface area contributed by atoms with Crippen molar-refractivity contribution < 1.29 is 13.2 Å². The first-order chi connectivity index (χ1) is 10.5. The van der Waals surface area contributed by atoms with Crippen molar-refractivity contribution in [2.45, 2.75) is 30.8 Å². The molecule has 0 unspecified atom stereocenters. The zero-order valence-corrected chi connectivity index (χ0v) is 14.4. The van der Waals surface area contributed by atoms with Crippen LogP contribution >= 0.6 is 0 Å². The largest absolute Gasteiger partial charge is 0.383 e. The normalized spacial score (nSPS) is 13.5. The maximum atomic E-state index is 11.7. The summed E-state index contributed by atoms with van der Waals surface area (Å²) in [4.78, 5) is 2.56. The molecule has 22 heavy (non-hydrogen) atoms. The van der Waals surface area contributed by atoms with Gasteiger partial charge >= 0.3 is 0 Å². The van der Waals surface area contributed by atoms with Crippen LogP contribution in [0, 0.1) is 0 Å². The highest BCUT2D eigenvalue weighted by Crippen LogP contribution is 2.14. The number of methoxy groups -OCH3 is 1. The summed E-state index contributed by atoms with van der Waals surface area (Å²) in [6.07, 6.45) is 0.869. The molecule has 1 rings (SSSR count). The third-order valence-electron chi connectivity index (χ3n) is 3.67. The van der Waals surface area contributed by atoms with Crippen LogP contribution < -0.4 is 10.5 Å². The van der Waals surface area contributed by atoms with Gasteiger partial charge in [-0.3, -0.25) is 4.90 Å². The second-order valence-corrected chi connectivity index (χ2v) is 6.99. The molecule has 1 aromatic carbocycles. The van der Waals surface area contributed by atoms with Crippen molar-refractivity contribution in [1.29, 1.82) is 0 Å². The summed E-state index contributed by atoms with van der Waals surface area (Å²) in [5.41, 5.74) is 6.74. The van der Waals surface area contributed by atoms with Gasteiger partial charge in [-0.05, 0) is 44.3 Å². The van der Waals surface area contributed by atoms with Crippen molar-refractivity contribution in [2.75, 3.05) is 33.9 Å². The van der Waals surface area contributed by atoms with E-state index in [2.05, 4.69) is 16.5 Å². The molecule has 0 radical (unpaired) electrons. The van der Waals surface area contributed by atoms with E-state index in [9.17, 15) is 8.42 Å². The molecule has 0 aliphatic carbocycles. The Kier molecular flexibility index (Phi) is 7.98. The number of hydrogen-bond acceptors (Lipinski definition) is 5. The minimum absolute atomic E-state index is 0.265. The molecule has 126 valence electrons. The molecule has 0 heterocycles. The minimum Gasteiger partial charge on any atom is -0.383 e. The van der Waals surface area contributed by atoms with Gasteiger partial charge in [-0.1, -0.05) is 19.1 Å². The van der Waals surface area contributed by atoms with Crippen molar-refractivity contribution in [3.05, 3.63) is 29.8 Å². The van der Waals surface area contributed by atoms with Crippen molar-refractivity contribution in [3.8, 4) is 0 Å². The van der Waals surface area contributed by atoms with Gasteiger partial charge in [0.15, 0.2) is 0 Å². The van der Waals surface area contributed by atoms with Crippen LogP contribution in [0.25, 0.3) is 0 Å². The van der Waals surface area contributed by atoms with Gasteiger partial charge < -0.3 is 10.5 Å². The highest BCUT2D eigenvalue weighted by atomic mass is 32.2. The number of nitrogens with two attached hydrogens (primary N) is 1. The zero-order valence-electron chi connectivity index (χ0n) is 13.6. The van der Waals surface area contributed by atoms with Gasteiger partial charge in [0, 0.05) is 19.7 Å². The quantitative estimate of drug-likeness (QED) is 0.663. The lowest BCUT2D eigenvalue weighted by atomic mass is 10.1. The molecule has 0 aliphatic rings. The summed E-state index contributed by atoms with van der Waals surface area (Å²) >= 11 is 0. The van der Waals surface area contributed by atoms with Gasteiger partial charge in [0.05, 0.1) is 11.5 Å². The van der Waals surface area contributed by atoms with Gasteiger partial charge in [-0.15, -0.1) is 0 Å². The van der Waals surface area contributed by atoms with Crippen molar-refractivity contribution in [1.82, 2.24) is 9.62 Å². The molecule has 6 nitrogen and oxygen atoms in total. The average Bonchev–Trinajstić information content (AvgIpc) is 2.53. The third kappa shape index (κ3) is 5.33. The monoisotopic (exact) mass is 329 g/mol. The van der Waals surface area contributed by atoms with Gasteiger partial charge in [-0.2, -0.15) is 0 Å². The molecule has 0 amide bonds. The lowest BCUT2D eigenvalue weighted by Crippen LogP contribution is -2.39. The molecule has 7 heteroatoms. The third-order valence-corrected chi connectivity index (χ3v) is 5.10. The Hall–Kier alpha value is -0.990. The number of nitrogens with zero attached hydrogens (tertiary/aromatic N) is 1. The van der Waals surface area contributed by atoms with Crippen molar-refractivity contribution in [2.24, 2.45) is 5.73 Å². The Labute approximate surface area is 133 Å². The van der Waals surface area contributed by atoms with E-state index < -0.39 is 10.0 Å². The van der Waals surface area contributed by atoms with E-state index in [0.717, 1.165) is 25.1 Å². The van der Waals surface area contributed by atoms with Gasteiger partial charge in [0.25, 0.3) is 0 Å². The molecule has 3 N–H and O–H groups in total. The molecule has 1 aromatic rings. The second kappa shape index (κ2) is 9.22. The summed E-state index contributed by atoms with van der Waals surface area (Å²) < 4.78 is 31.0. The fraction of sp³-hybridized carbons (Fsp3) is 0.600. The first-order valence-corrected chi connectivity index (χ1v) is 8.92. The lowest BCUT2D eigenvalue weighted by Gasteiger charge is -2.30. The summed E-state index contributed by atoms with van der Waals surface area (Å²) in [5, 5.41) is 0. The predicted molar refractivity (Wildman–Crippen MR) is 88.1 cm³/mol. The smallest absolute Gasteiger partial charge is 0.240 e. The molecule has 1 atom stereocenters. The fourth-order valence-electron chi connectivity index (χ4n) is 2.38. The minimum atomic E-state index is -3.38. The van der Waals surface area contributed by atoms with Crippen LogP contribution in [0.2, 0.25) is 0 Å². The highest BCUT2D eigenvalue weighted by Gasteiger charge is 2.17. The Morgan fingerprint density at radius 2 is 1.95 bits per heavy atom. The molecular formula is C15H27N3O3S. The van der Waals surface area contributed by atoms with Crippen LogP contribution in [0.3, 0.4) is 0 Å². The van der Waals surface area contributed by atoms with E-state index in [0.29, 0.717) is 13.2 Å². The molecule has 0 saturated heterocycles. The van der Waals surface area contributed by atoms with Crippen LogP contribution in [-0.2, 0) is 21.3 Å². The second-order valence-electron chi connectivity index (χ2n) is 5.10. The first kappa shape index (κ1) is 19.1. The first-order valence-electron chi connectivity index (χ1n) is 7.44. The Balaban J connectivity index is 2.83. The maximum Gasteiger partial charge on any atom is 0.240 e. The molecule has 0 fully saturated rings. The highest BCUT2D eigenvalue weighted by molar-refractivity contribution is 7.89. The molecule has 0 saturated carbocycles. The van der Waals surface area contributed by atoms with E-state index in [1.54, 1.807) is 19.2 Å². The number of likely N-dealkylation sites (N-methyl/N-ethyl adjacent to an activating group) is 1. The number of sulfonamides is 1. The standard InChI is InChI=1S/C15H27N3O3S/c1-4-18(14(9-10-16)12-21-3)11-13-5-7-15(8-6-13)22(19,20)17-2/h5-8,14,17H,4,9-12,16H2,1-3H3/t14-/m1/s1. The summed E-state index contributed by atoms with van der Waals surface area (Å²) in [6, 6.07) is 7.21. The van der Waals surface area contributed by atoms with Gasteiger partial charge in [0.1, 0.15) is 0 Å². The maximum absolute atomic E-state index is 11.7. The molecule has 0 bridgehead atoms. The van der Waals surface area contributed by atoms with Crippen LogP contribution in [-0.4, -0.2) is 53.2 Å². The van der Waals surface area contributed by atoms with E-state index >= 15 is 0 Å². The van der Waals surface area contributed by atoms with Crippen LogP contribution in [0.15, 0.2) is 29.2 Å². The predicted octanol–water partition coefficient (Wildman–Crippen LogP) is 0.780. The van der Waals surface area contributed by atoms with E-state index in [4.69, 9.17) is 10.5 Å². The lowest BCUT2D eigenvalue weighted by molar-refractivity contribution is 0.0847. The van der Waals surface area contributed by atoms with Crippen LogP contribution in [0.1, 0.15) is 18.9 Å². The van der Waals surface area contributed by atoms with Crippen molar-refractivity contribution >= 4 is 10.0 Å². The number of benzene rings is 1. The van der Waals surface area contributed by atoms with Crippen molar-refractivity contribution in [3.63, 3.8) is 0 Å². The molecule has 0 spiro atoms. The summed E-state index contributed by atoms with van der Waals surface area (Å²) in [5.74, 6) is 0. The average molecular weight is 329 g/mol. The van der Waals surface area contributed by atoms with E-state index in [1.807, 2.05) is 12.1 Å². The molecule has 0 aromatic heterocycles. The number of rotatable bonds is 10. The summed E-state index contributed by atoms with van der Waals surface area (Å²) in [7, 11) is -0.286.